The molecule has 1 aromatic heterocycles. The number of pyridine rings is 1. The van der Waals surface area contributed by atoms with Crippen molar-refractivity contribution in [3.8, 4) is 5.75 Å². The summed E-state index contributed by atoms with van der Waals surface area (Å²) in [5, 5.41) is 6.77. The van der Waals surface area contributed by atoms with Crippen LogP contribution in [-0.4, -0.2) is 28.6 Å². The average Bonchev–Trinajstić information content (AvgIpc) is 2.73. The van der Waals surface area contributed by atoms with Crippen LogP contribution in [0.3, 0.4) is 0 Å². The molecule has 2 heterocycles. The summed E-state index contributed by atoms with van der Waals surface area (Å²) < 4.78 is 11.1. The Hall–Kier alpha value is -2.75. The molecule has 0 fully saturated rings. The lowest BCUT2D eigenvalue weighted by Crippen LogP contribution is -2.45. The Morgan fingerprint density at radius 1 is 1.31 bits per heavy atom. The predicted octanol–water partition coefficient (Wildman–Crippen LogP) is 4.47. The number of hydrogen-bond donors (Lipinski definition) is 2. The zero-order chi connectivity index (χ0) is 23.3. The first-order valence-electron chi connectivity index (χ1n) is 9.54. The minimum absolute atomic E-state index is 0.255. The fourth-order valence-corrected chi connectivity index (χ4v) is 3.96. The number of hydrogen-bond acceptors (Lipinski definition) is 6. The summed E-state index contributed by atoms with van der Waals surface area (Å²) >= 11 is 14.5. The molecular formula is C22H19BrClN3O4S. The van der Waals surface area contributed by atoms with E-state index in [9.17, 15) is 9.59 Å². The van der Waals surface area contributed by atoms with E-state index >= 15 is 0 Å². The molecule has 2 aromatic rings. The first kappa shape index (κ1) is 23.9. The molecule has 7 nitrogen and oxygen atoms in total. The third-order valence-electron chi connectivity index (χ3n) is 4.43. The number of benzene rings is 1. The first-order valence-corrected chi connectivity index (χ1v) is 11.1. The van der Waals surface area contributed by atoms with Crippen molar-refractivity contribution in [2.24, 2.45) is 0 Å². The van der Waals surface area contributed by atoms with Gasteiger partial charge in [-0.05, 0) is 83.5 Å². The summed E-state index contributed by atoms with van der Waals surface area (Å²) in [5.74, 6) is -0.674. The van der Waals surface area contributed by atoms with Crippen molar-refractivity contribution in [3.05, 3.63) is 74.6 Å². The van der Waals surface area contributed by atoms with Gasteiger partial charge in [-0.2, -0.15) is 0 Å². The largest absolute Gasteiger partial charge is 0.463 e. The van der Waals surface area contributed by atoms with Crippen LogP contribution in [0.5, 0.6) is 5.75 Å². The number of rotatable bonds is 6. The highest BCUT2D eigenvalue weighted by Gasteiger charge is 2.31. The average molecular weight is 537 g/mol. The van der Waals surface area contributed by atoms with E-state index in [1.807, 2.05) is 0 Å². The second-order valence-electron chi connectivity index (χ2n) is 6.65. The van der Waals surface area contributed by atoms with E-state index in [0.717, 1.165) is 11.1 Å². The van der Waals surface area contributed by atoms with Gasteiger partial charge in [0.05, 0.1) is 22.7 Å². The molecule has 1 aliphatic rings. The third-order valence-corrected chi connectivity index (χ3v) is 5.47. The van der Waals surface area contributed by atoms with Crippen LogP contribution < -0.4 is 15.4 Å². The zero-order valence-electron chi connectivity index (χ0n) is 17.1. The maximum atomic E-state index is 12.5. The lowest BCUT2D eigenvalue weighted by Gasteiger charge is -2.30. The zero-order valence-corrected chi connectivity index (χ0v) is 20.3. The second kappa shape index (κ2) is 10.7. The molecular weight excluding hydrogens is 518 g/mol. The highest BCUT2D eigenvalue weighted by molar-refractivity contribution is 9.10. The molecule has 3 rings (SSSR count). The standard InChI is InChI=1S/C22H19BrClN3O4S/c1-3-30-21(29)19-12(2)26-22(32)27-20(19)14-5-6-16(15(23)11-14)31-18(28)7-4-13-8-9-25-17(24)10-13/h4-11,20H,3H2,1-2H3,(H2,26,27,32)/b7-4+. The predicted molar refractivity (Wildman–Crippen MR) is 129 cm³/mol. The molecule has 0 saturated carbocycles. The van der Waals surface area contributed by atoms with Crippen LogP contribution in [0, 0.1) is 0 Å². The Labute approximate surface area is 204 Å². The van der Waals surface area contributed by atoms with Crippen LogP contribution >= 0.6 is 39.7 Å². The van der Waals surface area contributed by atoms with Crippen LogP contribution in [0.15, 0.2) is 58.3 Å². The summed E-state index contributed by atoms with van der Waals surface area (Å²) in [7, 11) is 0. The van der Waals surface area contributed by atoms with E-state index in [2.05, 4.69) is 31.5 Å². The van der Waals surface area contributed by atoms with E-state index in [-0.39, 0.29) is 6.61 Å². The Morgan fingerprint density at radius 3 is 2.78 bits per heavy atom. The van der Waals surface area contributed by atoms with E-state index in [1.165, 1.54) is 6.08 Å². The molecule has 2 N–H and O–H groups in total. The van der Waals surface area contributed by atoms with Crippen molar-refractivity contribution in [1.82, 2.24) is 15.6 Å². The van der Waals surface area contributed by atoms with E-state index in [0.29, 0.717) is 31.8 Å². The topological polar surface area (TPSA) is 89.5 Å². The number of ether oxygens (including phenoxy) is 2. The van der Waals surface area contributed by atoms with Crippen molar-refractivity contribution in [3.63, 3.8) is 0 Å². The molecule has 0 radical (unpaired) electrons. The van der Waals surface area contributed by atoms with Gasteiger partial charge in [0.2, 0.25) is 0 Å². The molecule has 1 aromatic carbocycles. The molecule has 0 aliphatic carbocycles. The molecule has 32 heavy (non-hydrogen) atoms. The maximum Gasteiger partial charge on any atom is 0.338 e. The van der Waals surface area contributed by atoms with Crippen LogP contribution in [0.4, 0.5) is 0 Å². The fraction of sp³-hybridized carbons (Fsp3) is 0.182. The number of carbonyl (C=O) groups is 2. The summed E-state index contributed by atoms with van der Waals surface area (Å²) in [6, 6.07) is 7.97. The van der Waals surface area contributed by atoms with Crippen molar-refractivity contribution >= 4 is 62.9 Å². The lowest BCUT2D eigenvalue weighted by molar-refractivity contribution is -0.139. The molecule has 0 amide bonds. The smallest absolute Gasteiger partial charge is 0.338 e. The summed E-state index contributed by atoms with van der Waals surface area (Å²) in [5.41, 5.74) is 2.50. The van der Waals surface area contributed by atoms with Gasteiger partial charge in [0.15, 0.2) is 5.11 Å². The minimum atomic E-state index is -0.560. The summed E-state index contributed by atoms with van der Waals surface area (Å²) in [6.45, 7) is 3.76. The van der Waals surface area contributed by atoms with Crippen LogP contribution in [-0.2, 0) is 14.3 Å². The van der Waals surface area contributed by atoms with Gasteiger partial charge in [-0.15, -0.1) is 0 Å². The maximum absolute atomic E-state index is 12.5. The highest BCUT2D eigenvalue weighted by Crippen LogP contribution is 2.33. The molecule has 0 saturated heterocycles. The van der Waals surface area contributed by atoms with E-state index in [4.69, 9.17) is 33.3 Å². The van der Waals surface area contributed by atoms with E-state index < -0.39 is 18.0 Å². The third kappa shape index (κ3) is 5.93. The molecule has 0 spiro atoms. The molecule has 1 atom stereocenters. The monoisotopic (exact) mass is 535 g/mol. The van der Waals surface area contributed by atoms with E-state index in [1.54, 1.807) is 56.5 Å². The number of nitrogens with one attached hydrogen (secondary N) is 2. The van der Waals surface area contributed by atoms with Gasteiger partial charge >= 0.3 is 11.9 Å². The lowest BCUT2D eigenvalue weighted by atomic mass is 9.95. The van der Waals surface area contributed by atoms with Crippen molar-refractivity contribution < 1.29 is 19.1 Å². The summed E-state index contributed by atoms with van der Waals surface area (Å²) in [6.07, 6.45) is 4.42. The minimum Gasteiger partial charge on any atom is -0.463 e. The van der Waals surface area contributed by atoms with Gasteiger partial charge in [0, 0.05) is 18.0 Å². The van der Waals surface area contributed by atoms with Crippen molar-refractivity contribution in [2.45, 2.75) is 19.9 Å². The Bertz CT molecular complexity index is 1140. The molecule has 10 heteroatoms. The highest BCUT2D eigenvalue weighted by atomic mass is 79.9. The Balaban J connectivity index is 1.79. The fourth-order valence-electron chi connectivity index (χ4n) is 3.03. The number of halogens is 2. The van der Waals surface area contributed by atoms with Crippen molar-refractivity contribution in [2.75, 3.05) is 6.61 Å². The number of carbonyl (C=O) groups excluding carboxylic acids is 2. The quantitative estimate of drug-likeness (QED) is 0.184. The van der Waals surface area contributed by atoms with Gasteiger partial charge in [0.1, 0.15) is 10.9 Å². The van der Waals surface area contributed by atoms with Crippen molar-refractivity contribution in [1.29, 1.82) is 0 Å². The van der Waals surface area contributed by atoms with Crippen LogP contribution in [0.2, 0.25) is 5.15 Å². The normalized spacial score (nSPS) is 15.9. The van der Waals surface area contributed by atoms with Crippen LogP contribution in [0.1, 0.15) is 31.0 Å². The number of thiocarbonyl (C=S) groups is 1. The van der Waals surface area contributed by atoms with Crippen LogP contribution in [0.25, 0.3) is 6.08 Å². The molecule has 0 bridgehead atoms. The van der Waals surface area contributed by atoms with Gasteiger partial charge < -0.3 is 20.1 Å². The number of nitrogens with zero attached hydrogens (tertiary/aromatic N) is 1. The Kier molecular flexibility index (Phi) is 8.00. The molecule has 166 valence electrons. The SMILES string of the molecule is CCOC(=O)C1=C(C)NC(=S)NC1c1ccc(OC(=O)/C=C/c2ccnc(Cl)c2)c(Br)c1. The second-order valence-corrected chi connectivity index (χ2v) is 8.30. The van der Waals surface area contributed by atoms with Gasteiger partial charge in [-0.25, -0.2) is 14.6 Å². The number of esters is 2. The van der Waals surface area contributed by atoms with Gasteiger partial charge in [-0.1, -0.05) is 17.7 Å². The Morgan fingerprint density at radius 2 is 2.09 bits per heavy atom. The molecule has 1 unspecified atom stereocenters. The number of aromatic nitrogens is 1. The van der Waals surface area contributed by atoms with Gasteiger partial charge in [0.25, 0.3) is 0 Å². The summed E-state index contributed by atoms with van der Waals surface area (Å²) in [4.78, 5) is 28.6. The number of allylic oxidation sites excluding steroid dienone is 1. The van der Waals surface area contributed by atoms with Gasteiger partial charge in [-0.3, -0.25) is 0 Å². The first-order chi connectivity index (χ1) is 15.3. The molecule has 1 aliphatic heterocycles.